The van der Waals surface area contributed by atoms with Crippen LogP contribution in [0.1, 0.15) is 5.56 Å². The third kappa shape index (κ3) is 3.88. The largest absolute Gasteiger partial charge is 0.369 e. The van der Waals surface area contributed by atoms with E-state index in [-0.39, 0.29) is 17.1 Å². The number of rotatable bonds is 5. The zero-order chi connectivity index (χ0) is 20.6. The van der Waals surface area contributed by atoms with Gasteiger partial charge in [-0.25, -0.2) is 18.1 Å². The van der Waals surface area contributed by atoms with Crippen molar-refractivity contribution in [1.82, 2.24) is 19.7 Å². The number of aromatic amines is 1. The van der Waals surface area contributed by atoms with Gasteiger partial charge in [0.25, 0.3) is 5.56 Å². The number of benzene rings is 1. The van der Waals surface area contributed by atoms with E-state index in [0.29, 0.717) is 36.6 Å². The third-order valence-electron chi connectivity index (χ3n) is 4.95. The molecule has 3 aromatic rings. The molecule has 1 fully saturated rings. The average Bonchev–Trinajstić information content (AvgIpc) is 2.98. The lowest BCUT2D eigenvalue weighted by atomic mass is 10.1. The zero-order valence-corrected chi connectivity index (χ0v) is 16.9. The summed E-state index contributed by atoms with van der Waals surface area (Å²) < 4.78 is 24.7. The molecule has 0 unspecified atom stereocenters. The highest BCUT2D eigenvalue weighted by Crippen LogP contribution is 2.26. The van der Waals surface area contributed by atoms with Crippen molar-refractivity contribution in [2.45, 2.75) is 13.5 Å². The molecule has 4 rings (SSSR count). The van der Waals surface area contributed by atoms with Gasteiger partial charge in [0.1, 0.15) is 5.39 Å². The van der Waals surface area contributed by atoms with E-state index < -0.39 is 9.84 Å². The molecular formula is C19H22N6O3S. The molecule has 152 valence electrons. The monoisotopic (exact) mass is 414 g/mol. The second-order valence-electron chi connectivity index (χ2n) is 7.04. The van der Waals surface area contributed by atoms with E-state index in [1.54, 1.807) is 6.08 Å². The van der Waals surface area contributed by atoms with Crippen molar-refractivity contribution in [3.8, 4) is 0 Å². The van der Waals surface area contributed by atoms with Crippen LogP contribution in [0.3, 0.4) is 0 Å². The molecule has 0 spiro atoms. The first-order chi connectivity index (χ1) is 13.9. The van der Waals surface area contributed by atoms with E-state index in [4.69, 9.17) is 0 Å². The maximum atomic E-state index is 12.2. The van der Waals surface area contributed by atoms with E-state index in [9.17, 15) is 13.2 Å². The number of H-pyrrole nitrogens is 1. The zero-order valence-electron chi connectivity index (χ0n) is 16.1. The summed E-state index contributed by atoms with van der Waals surface area (Å²) in [6.45, 7) is 7.00. The van der Waals surface area contributed by atoms with Crippen LogP contribution in [0.5, 0.6) is 0 Å². The number of anilines is 3. The van der Waals surface area contributed by atoms with Crippen LogP contribution in [-0.4, -0.2) is 52.8 Å². The Morgan fingerprint density at radius 3 is 2.76 bits per heavy atom. The van der Waals surface area contributed by atoms with E-state index in [1.807, 2.05) is 25.1 Å². The number of sulfone groups is 1. The molecular weight excluding hydrogens is 392 g/mol. The molecule has 0 amide bonds. The van der Waals surface area contributed by atoms with Crippen LogP contribution in [0.15, 0.2) is 41.8 Å². The fourth-order valence-corrected chi connectivity index (χ4v) is 4.64. The van der Waals surface area contributed by atoms with Gasteiger partial charge in [0, 0.05) is 30.7 Å². The third-order valence-corrected chi connectivity index (χ3v) is 6.56. The van der Waals surface area contributed by atoms with Gasteiger partial charge < -0.3 is 10.2 Å². The second kappa shape index (κ2) is 7.36. The molecule has 9 nitrogen and oxygen atoms in total. The van der Waals surface area contributed by atoms with Crippen molar-refractivity contribution in [3.05, 3.63) is 53.0 Å². The predicted octanol–water partition coefficient (Wildman–Crippen LogP) is 1.59. The highest BCUT2D eigenvalue weighted by atomic mass is 32.2. The molecule has 1 aromatic carbocycles. The van der Waals surface area contributed by atoms with E-state index in [0.717, 1.165) is 16.9 Å². The van der Waals surface area contributed by atoms with Crippen LogP contribution in [0, 0.1) is 6.92 Å². The first-order valence-corrected chi connectivity index (χ1v) is 11.1. The molecule has 0 aliphatic carbocycles. The van der Waals surface area contributed by atoms with Crippen LogP contribution < -0.4 is 15.8 Å². The van der Waals surface area contributed by atoms with Gasteiger partial charge in [0.2, 0.25) is 5.95 Å². The first kappa shape index (κ1) is 19.2. The van der Waals surface area contributed by atoms with Crippen LogP contribution in [0.25, 0.3) is 11.0 Å². The summed E-state index contributed by atoms with van der Waals surface area (Å²) in [5.41, 5.74) is 3.13. The molecule has 1 aliphatic rings. The smallest absolute Gasteiger partial charge is 0.277 e. The van der Waals surface area contributed by atoms with Crippen molar-refractivity contribution < 1.29 is 8.42 Å². The number of nitrogens with one attached hydrogen (secondary N) is 2. The van der Waals surface area contributed by atoms with Crippen LogP contribution >= 0.6 is 0 Å². The van der Waals surface area contributed by atoms with Gasteiger partial charge in [-0.05, 0) is 30.7 Å². The number of aryl methyl sites for hydroxylation is 1. The maximum absolute atomic E-state index is 12.2. The number of aromatic nitrogens is 4. The fourth-order valence-electron chi connectivity index (χ4n) is 3.44. The summed E-state index contributed by atoms with van der Waals surface area (Å²) in [6, 6.07) is 5.85. The molecule has 0 bridgehead atoms. The molecule has 0 radical (unpaired) electrons. The fraction of sp³-hybridized carbons (Fsp3) is 0.316. The minimum Gasteiger partial charge on any atom is -0.369 e. The normalized spacial score (nSPS) is 16.1. The number of allylic oxidation sites excluding steroid dienone is 1. The molecule has 0 saturated carbocycles. The number of fused-ring (bicyclic) bond motifs is 1. The average molecular weight is 414 g/mol. The summed E-state index contributed by atoms with van der Waals surface area (Å²) in [5, 5.41) is 6.52. The molecule has 2 aromatic heterocycles. The minimum absolute atomic E-state index is 0.185. The molecule has 1 aliphatic heterocycles. The van der Waals surface area contributed by atoms with Gasteiger partial charge >= 0.3 is 0 Å². The quantitative estimate of drug-likeness (QED) is 0.610. The summed E-state index contributed by atoms with van der Waals surface area (Å²) in [4.78, 5) is 22.9. The lowest BCUT2D eigenvalue weighted by Gasteiger charge is -2.30. The van der Waals surface area contributed by atoms with Crippen molar-refractivity contribution in [3.63, 3.8) is 0 Å². The number of hydrogen-bond acceptors (Lipinski definition) is 7. The number of hydrogen-bond donors (Lipinski definition) is 2. The summed E-state index contributed by atoms with van der Waals surface area (Å²) in [6.07, 6.45) is 3.13. The Morgan fingerprint density at radius 1 is 1.31 bits per heavy atom. The maximum Gasteiger partial charge on any atom is 0.277 e. The van der Waals surface area contributed by atoms with Gasteiger partial charge in [0.05, 0.1) is 18.1 Å². The predicted molar refractivity (Wildman–Crippen MR) is 114 cm³/mol. The Bertz CT molecular complexity index is 1230. The molecule has 1 saturated heterocycles. The lowest BCUT2D eigenvalue weighted by molar-refractivity contribution is 0.586. The van der Waals surface area contributed by atoms with Crippen molar-refractivity contribution in [2.75, 3.05) is 34.8 Å². The van der Waals surface area contributed by atoms with E-state index in [1.165, 1.54) is 10.9 Å². The van der Waals surface area contributed by atoms with Crippen molar-refractivity contribution >= 4 is 38.2 Å². The summed E-state index contributed by atoms with van der Waals surface area (Å²) in [5.74, 6) is 0.745. The van der Waals surface area contributed by atoms with Crippen LogP contribution in [0.2, 0.25) is 0 Å². The lowest BCUT2D eigenvalue weighted by Crippen LogP contribution is -2.40. The van der Waals surface area contributed by atoms with Crippen LogP contribution in [-0.2, 0) is 16.4 Å². The van der Waals surface area contributed by atoms with Crippen molar-refractivity contribution in [2.24, 2.45) is 0 Å². The summed E-state index contributed by atoms with van der Waals surface area (Å²) >= 11 is 0. The van der Waals surface area contributed by atoms with E-state index >= 15 is 0 Å². The second-order valence-corrected chi connectivity index (χ2v) is 9.34. The van der Waals surface area contributed by atoms with Gasteiger partial charge in [-0.3, -0.25) is 9.89 Å². The molecule has 3 heterocycles. The first-order valence-electron chi connectivity index (χ1n) is 9.26. The minimum atomic E-state index is -2.91. The molecule has 2 N–H and O–H groups in total. The summed E-state index contributed by atoms with van der Waals surface area (Å²) in [7, 11) is -2.91. The SMILES string of the molecule is C=CCn1[nH]c2nc(Nc3ccc(N4CCS(=O)(=O)CC4)c(C)c3)ncc2c1=O. The Morgan fingerprint density at radius 2 is 2.07 bits per heavy atom. The number of nitrogens with zero attached hydrogens (tertiary/aromatic N) is 4. The Hall–Kier alpha value is -3.14. The topological polar surface area (TPSA) is 113 Å². The van der Waals surface area contributed by atoms with Gasteiger partial charge in [0.15, 0.2) is 15.5 Å². The van der Waals surface area contributed by atoms with Crippen molar-refractivity contribution in [1.29, 1.82) is 0 Å². The van der Waals surface area contributed by atoms with Crippen LogP contribution in [0.4, 0.5) is 17.3 Å². The van der Waals surface area contributed by atoms with E-state index in [2.05, 4.69) is 31.9 Å². The Kier molecular flexibility index (Phi) is 4.87. The Balaban J connectivity index is 1.54. The standard InChI is InChI=1S/C19H22N6O3S/c1-3-6-25-18(26)15-12-20-19(22-17(15)23-25)21-14-4-5-16(13(2)11-14)24-7-9-29(27,28)10-8-24/h3-5,11-12H,1,6-10H2,2H3,(H2,20,21,22,23). The highest BCUT2D eigenvalue weighted by molar-refractivity contribution is 7.91. The molecule has 0 atom stereocenters. The Labute approximate surface area is 168 Å². The molecule has 29 heavy (non-hydrogen) atoms. The van der Waals surface area contributed by atoms with Gasteiger partial charge in [-0.15, -0.1) is 6.58 Å². The molecule has 10 heteroatoms. The highest BCUT2D eigenvalue weighted by Gasteiger charge is 2.22. The van der Waals surface area contributed by atoms with Gasteiger partial charge in [-0.1, -0.05) is 6.08 Å². The van der Waals surface area contributed by atoms with Gasteiger partial charge in [-0.2, -0.15) is 4.98 Å².